The first kappa shape index (κ1) is 11.2. The number of hydrogen-bond acceptors (Lipinski definition) is 3. The van der Waals surface area contributed by atoms with E-state index in [0.717, 1.165) is 5.57 Å². The molecule has 1 fully saturated rings. The predicted molar refractivity (Wildman–Crippen MR) is 53.4 cm³/mol. The maximum Gasteiger partial charge on any atom is 0.318 e. The molecule has 0 aromatic heterocycles. The van der Waals surface area contributed by atoms with Gasteiger partial charge in [0, 0.05) is 6.42 Å². The van der Waals surface area contributed by atoms with Gasteiger partial charge in [-0.3, -0.25) is 4.79 Å². The van der Waals surface area contributed by atoms with Crippen molar-refractivity contribution >= 4 is 5.97 Å². The van der Waals surface area contributed by atoms with E-state index in [4.69, 9.17) is 4.74 Å². The van der Waals surface area contributed by atoms with Crippen molar-refractivity contribution in [2.45, 2.75) is 39.9 Å². The molecule has 0 aliphatic carbocycles. The molecular formula is C11H18O3. The Kier molecular flexibility index (Phi) is 3.00. The summed E-state index contributed by atoms with van der Waals surface area (Å²) in [5, 5.41) is 9.31. The molecule has 80 valence electrons. The van der Waals surface area contributed by atoms with Crippen molar-refractivity contribution in [1.82, 2.24) is 0 Å². The minimum absolute atomic E-state index is 0.328. The maximum atomic E-state index is 11.6. The van der Waals surface area contributed by atoms with Gasteiger partial charge < -0.3 is 9.84 Å². The zero-order valence-electron chi connectivity index (χ0n) is 9.04. The second-order valence-corrected chi connectivity index (χ2v) is 4.52. The van der Waals surface area contributed by atoms with Gasteiger partial charge in [-0.25, -0.2) is 0 Å². The van der Waals surface area contributed by atoms with Crippen LogP contribution in [0.1, 0.15) is 33.6 Å². The molecule has 3 heteroatoms. The average Bonchev–Trinajstić information content (AvgIpc) is 2.26. The molecule has 0 aromatic carbocycles. The molecule has 1 rings (SSSR count). The largest absolute Gasteiger partial charge is 0.435 e. The van der Waals surface area contributed by atoms with E-state index in [9.17, 15) is 9.90 Å². The number of aliphatic hydroxyl groups excluding tert-OH is 1. The summed E-state index contributed by atoms with van der Waals surface area (Å²) in [6.07, 6.45) is 0.0790. The van der Waals surface area contributed by atoms with E-state index in [1.807, 2.05) is 20.8 Å². The van der Waals surface area contributed by atoms with Crippen LogP contribution in [0.2, 0.25) is 0 Å². The highest BCUT2D eigenvalue weighted by Gasteiger charge is 2.49. The van der Waals surface area contributed by atoms with E-state index in [1.54, 1.807) is 0 Å². The van der Waals surface area contributed by atoms with Crippen LogP contribution < -0.4 is 0 Å². The van der Waals surface area contributed by atoms with Crippen molar-refractivity contribution in [2.24, 2.45) is 11.3 Å². The first-order valence-electron chi connectivity index (χ1n) is 4.93. The highest BCUT2D eigenvalue weighted by molar-refractivity contribution is 5.82. The smallest absolute Gasteiger partial charge is 0.318 e. The number of aliphatic hydroxyl groups is 1. The minimum atomic E-state index is -0.960. The number of esters is 1. The molecule has 1 heterocycles. The number of cyclic esters (lactones) is 1. The Morgan fingerprint density at radius 3 is 2.64 bits per heavy atom. The van der Waals surface area contributed by atoms with Gasteiger partial charge in [0.05, 0.1) is 5.41 Å². The van der Waals surface area contributed by atoms with Gasteiger partial charge >= 0.3 is 5.97 Å². The van der Waals surface area contributed by atoms with Crippen LogP contribution >= 0.6 is 0 Å². The minimum Gasteiger partial charge on any atom is -0.435 e. The SMILES string of the molecule is C=C(C)[C@@]1(CC(C)C)C[C@H](O)OC1=O. The van der Waals surface area contributed by atoms with E-state index in [2.05, 4.69) is 6.58 Å². The van der Waals surface area contributed by atoms with Crippen molar-refractivity contribution in [3.63, 3.8) is 0 Å². The topological polar surface area (TPSA) is 46.5 Å². The predicted octanol–water partition coefficient (Wildman–Crippen LogP) is 1.86. The van der Waals surface area contributed by atoms with Crippen LogP contribution in [0.5, 0.6) is 0 Å². The summed E-state index contributed by atoms with van der Waals surface area (Å²) in [6.45, 7) is 9.75. The molecular weight excluding hydrogens is 180 g/mol. The Balaban J connectivity index is 2.93. The highest BCUT2D eigenvalue weighted by Crippen LogP contribution is 2.44. The maximum absolute atomic E-state index is 11.6. The number of ether oxygens (including phenoxy) is 1. The zero-order valence-corrected chi connectivity index (χ0v) is 9.04. The van der Waals surface area contributed by atoms with E-state index >= 15 is 0 Å². The molecule has 1 N–H and O–H groups in total. The Morgan fingerprint density at radius 1 is 1.79 bits per heavy atom. The average molecular weight is 198 g/mol. The summed E-state index contributed by atoms with van der Waals surface area (Å²) in [6, 6.07) is 0. The Morgan fingerprint density at radius 2 is 2.36 bits per heavy atom. The Hall–Kier alpha value is -0.830. The molecule has 0 spiro atoms. The summed E-state index contributed by atoms with van der Waals surface area (Å²) < 4.78 is 4.80. The Bertz CT molecular complexity index is 257. The van der Waals surface area contributed by atoms with Gasteiger partial charge in [-0.15, -0.1) is 0 Å². The van der Waals surface area contributed by atoms with Crippen molar-refractivity contribution in [3.8, 4) is 0 Å². The highest BCUT2D eigenvalue weighted by atomic mass is 16.6. The van der Waals surface area contributed by atoms with Crippen LogP contribution in [0.3, 0.4) is 0 Å². The third-order valence-corrected chi connectivity index (χ3v) is 2.73. The fourth-order valence-corrected chi connectivity index (χ4v) is 2.05. The Labute approximate surface area is 84.8 Å². The molecule has 1 saturated heterocycles. The molecule has 0 bridgehead atoms. The van der Waals surface area contributed by atoms with Crippen LogP contribution in [0.15, 0.2) is 12.2 Å². The van der Waals surface area contributed by atoms with Gasteiger partial charge in [-0.2, -0.15) is 0 Å². The van der Waals surface area contributed by atoms with Gasteiger partial charge in [0.2, 0.25) is 6.29 Å². The van der Waals surface area contributed by atoms with E-state index in [1.165, 1.54) is 0 Å². The van der Waals surface area contributed by atoms with Crippen LogP contribution in [-0.4, -0.2) is 17.4 Å². The van der Waals surface area contributed by atoms with Crippen molar-refractivity contribution < 1.29 is 14.6 Å². The zero-order chi connectivity index (χ0) is 10.9. The van der Waals surface area contributed by atoms with Gasteiger partial charge in [0.25, 0.3) is 0 Å². The lowest BCUT2D eigenvalue weighted by atomic mass is 9.74. The molecule has 0 aromatic rings. The van der Waals surface area contributed by atoms with Crippen LogP contribution in [0.25, 0.3) is 0 Å². The third-order valence-electron chi connectivity index (χ3n) is 2.73. The van der Waals surface area contributed by atoms with Crippen molar-refractivity contribution in [2.75, 3.05) is 0 Å². The van der Waals surface area contributed by atoms with Crippen LogP contribution in [0, 0.1) is 11.3 Å². The van der Waals surface area contributed by atoms with Crippen LogP contribution in [0.4, 0.5) is 0 Å². The van der Waals surface area contributed by atoms with E-state index in [0.29, 0.717) is 18.8 Å². The van der Waals surface area contributed by atoms with E-state index in [-0.39, 0.29) is 5.97 Å². The first-order chi connectivity index (χ1) is 6.38. The summed E-state index contributed by atoms with van der Waals surface area (Å²) in [4.78, 5) is 11.6. The molecule has 1 aliphatic rings. The quantitative estimate of drug-likeness (QED) is 0.556. The lowest BCUT2D eigenvalue weighted by Gasteiger charge is -2.26. The second kappa shape index (κ2) is 3.73. The van der Waals surface area contributed by atoms with Crippen molar-refractivity contribution in [1.29, 1.82) is 0 Å². The molecule has 1 aliphatic heterocycles. The first-order valence-corrected chi connectivity index (χ1v) is 4.93. The number of carbonyl (C=O) groups excluding carboxylic acids is 1. The van der Waals surface area contributed by atoms with Gasteiger partial charge in [-0.1, -0.05) is 26.0 Å². The van der Waals surface area contributed by atoms with Gasteiger partial charge in [-0.05, 0) is 19.3 Å². The number of hydrogen-bond donors (Lipinski definition) is 1. The van der Waals surface area contributed by atoms with Crippen LogP contribution in [-0.2, 0) is 9.53 Å². The standard InChI is InChI=1S/C11H18O3/c1-7(2)5-11(8(3)4)6-9(12)14-10(11)13/h7,9,12H,3,5-6H2,1-2,4H3/t9-,11-/m1/s1. The summed E-state index contributed by atoms with van der Waals surface area (Å²) in [5.74, 6) is 0.0516. The lowest BCUT2D eigenvalue weighted by molar-refractivity contribution is -0.157. The molecule has 0 unspecified atom stereocenters. The number of carbonyl (C=O) groups is 1. The molecule has 14 heavy (non-hydrogen) atoms. The van der Waals surface area contributed by atoms with Gasteiger partial charge in [0.1, 0.15) is 0 Å². The molecule has 0 saturated carbocycles. The molecule has 2 atom stereocenters. The second-order valence-electron chi connectivity index (χ2n) is 4.52. The van der Waals surface area contributed by atoms with E-state index < -0.39 is 11.7 Å². The monoisotopic (exact) mass is 198 g/mol. The lowest BCUT2D eigenvalue weighted by Crippen LogP contribution is -2.29. The summed E-state index contributed by atoms with van der Waals surface area (Å²) in [5.41, 5.74) is 0.126. The number of rotatable bonds is 3. The summed E-state index contributed by atoms with van der Waals surface area (Å²) >= 11 is 0. The summed E-state index contributed by atoms with van der Waals surface area (Å²) in [7, 11) is 0. The molecule has 3 nitrogen and oxygen atoms in total. The van der Waals surface area contributed by atoms with Gasteiger partial charge in [0.15, 0.2) is 0 Å². The normalized spacial score (nSPS) is 32.1. The third kappa shape index (κ3) is 1.82. The molecule has 0 radical (unpaired) electrons. The molecule has 0 amide bonds. The fraction of sp³-hybridized carbons (Fsp3) is 0.727. The van der Waals surface area contributed by atoms with Crippen molar-refractivity contribution in [3.05, 3.63) is 12.2 Å². The fourth-order valence-electron chi connectivity index (χ4n) is 2.05.